The van der Waals surface area contributed by atoms with Crippen LogP contribution in [0.2, 0.25) is 0 Å². The number of hydrogen-bond acceptors (Lipinski definition) is 5. The maximum atomic E-state index is 12.3. The molecule has 3 heterocycles. The average Bonchev–Trinajstić information content (AvgIpc) is 2.61. The van der Waals surface area contributed by atoms with Gasteiger partial charge in [0.25, 0.3) is 5.91 Å². The Balaban J connectivity index is 1.65. The van der Waals surface area contributed by atoms with E-state index in [1.807, 2.05) is 6.07 Å². The summed E-state index contributed by atoms with van der Waals surface area (Å²) >= 11 is 0. The normalized spacial score (nSPS) is 15.5. The number of hydrogen-bond donors (Lipinski definition) is 1. The number of carbonyl (C=O) groups is 1. The van der Waals surface area contributed by atoms with Crippen LogP contribution in [0.4, 0.5) is 0 Å². The van der Waals surface area contributed by atoms with Gasteiger partial charge in [-0.3, -0.25) is 9.78 Å². The van der Waals surface area contributed by atoms with E-state index in [1.54, 1.807) is 24.8 Å². The zero-order chi connectivity index (χ0) is 15.2. The van der Waals surface area contributed by atoms with Crippen molar-refractivity contribution >= 4 is 5.91 Å². The predicted molar refractivity (Wildman–Crippen MR) is 81.1 cm³/mol. The molecule has 0 spiro atoms. The lowest BCUT2D eigenvalue weighted by Crippen LogP contribution is -2.32. The molecule has 1 N–H and O–H groups in total. The number of aromatic nitrogens is 3. The highest BCUT2D eigenvalue weighted by Crippen LogP contribution is 2.17. The standard InChI is InChI=1S/C16H18N4O2/c21-16(20-6-12-1-3-22-4-2-12)14-5-13(7-17-8-14)15-9-18-11-19-10-15/h5,7-12H,1-4,6H2,(H,20,21). The van der Waals surface area contributed by atoms with Gasteiger partial charge in [0.2, 0.25) is 0 Å². The van der Waals surface area contributed by atoms with Gasteiger partial charge in [-0.1, -0.05) is 0 Å². The molecule has 114 valence electrons. The van der Waals surface area contributed by atoms with Crippen molar-refractivity contribution in [3.63, 3.8) is 0 Å². The molecule has 0 aliphatic carbocycles. The number of carbonyl (C=O) groups excluding carboxylic acids is 1. The van der Waals surface area contributed by atoms with Crippen LogP contribution in [0.15, 0.2) is 37.2 Å². The van der Waals surface area contributed by atoms with Gasteiger partial charge in [-0.25, -0.2) is 9.97 Å². The maximum absolute atomic E-state index is 12.3. The molecule has 0 aromatic carbocycles. The van der Waals surface area contributed by atoms with E-state index in [1.165, 1.54) is 6.33 Å². The number of ether oxygens (including phenoxy) is 1. The molecule has 2 aromatic rings. The van der Waals surface area contributed by atoms with Crippen LogP contribution in [0.25, 0.3) is 11.1 Å². The fraction of sp³-hybridized carbons (Fsp3) is 0.375. The number of nitrogens with one attached hydrogen (secondary N) is 1. The Kier molecular flexibility index (Phi) is 4.70. The second kappa shape index (κ2) is 7.09. The zero-order valence-electron chi connectivity index (χ0n) is 12.2. The topological polar surface area (TPSA) is 77.0 Å². The molecule has 0 unspecified atom stereocenters. The van der Waals surface area contributed by atoms with Gasteiger partial charge in [0.15, 0.2) is 0 Å². The van der Waals surface area contributed by atoms with Gasteiger partial charge < -0.3 is 10.1 Å². The Morgan fingerprint density at radius 2 is 1.82 bits per heavy atom. The van der Waals surface area contributed by atoms with Crippen molar-refractivity contribution in [3.8, 4) is 11.1 Å². The number of nitrogens with zero attached hydrogens (tertiary/aromatic N) is 3. The highest BCUT2D eigenvalue weighted by atomic mass is 16.5. The minimum absolute atomic E-state index is 0.0994. The summed E-state index contributed by atoms with van der Waals surface area (Å²) in [5.41, 5.74) is 2.22. The van der Waals surface area contributed by atoms with Gasteiger partial charge in [-0.05, 0) is 24.8 Å². The monoisotopic (exact) mass is 298 g/mol. The first-order valence-electron chi connectivity index (χ1n) is 7.39. The second-order valence-corrected chi connectivity index (χ2v) is 5.36. The summed E-state index contributed by atoms with van der Waals surface area (Å²) in [4.78, 5) is 24.4. The van der Waals surface area contributed by atoms with E-state index in [9.17, 15) is 4.79 Å². The van der Waals surface area contributed by atoms with Crippen molar-refractivity contribution in [1.82, 2.24) is 20.3 Å². The molecule has 0 saturated carbocycles. The Bertz CT molecular complexity index is 627. The van der Waals surface area contributed by atoms with E-state index in [2.05, 4.69) is 20.3 Å². The molecular formula is C16H18N4O2. The van der Waals surface area contributed by atoms with Crippen LogP contribution in [-0.4, -0.2) is 40.6 Å². The fourth-order valence-corrected chi connectivity index (χ4v) is 2.46. The lowest BCUT2D eigenvalue weighted by atomic mass is 10.0. The highest BCUT2D eigenvalue weighted by molar-refractivity contribution is 5.95. The SMILES string of the molecule is O=C(NCC1CCOCC1)c1cncc(-c2cncnc2)c1. The van der Waals surface area contributed by atoms with Gasteiger partial charge in [0.1, 0.15) is 6.33 Å². The molecule has 1 fully saturated rings. The lowest BCUT2D eigenvalue weighted by molar-refractivity contribution is 0.0642. The van der Waals surface area contributed by atoms with E-state index in [-0.39, 0.29) is 5.91 Å². The molecule has 0 atom stereocenters. The first kappa shape index (κ1) is 14.6. The molecule has 2 aromatic heterocycles. The smallest absolute Gasteiger partial charge is 0.252 e. The average molecular weight is 298 g/mol. The van der Waals surface area contributed by atoms with Crippen LogP contribution in [0.5, 0.6) is 0 Å². The van der Waals surface area contributed by atoms with Crippen LogP contribution in [0, 0.1) is 5.92 Å². The van der Waals surface area contributed by atoms with E-state index in [4.69, 9.17) is 4.74 Å². The summed E-state index contributed by atoms with van der Waals surface area (Å²) < 4.78 is 5.32. The molecule has 1 saturated heterocycles. The van der Waals surface area contributed by atoms with Gasteiger partial charge in [0.05, 0.1) is 5.56 Å². The van der Waals surface area contributed by atoms with Crippen molar-refractivity contribution in [2.24, 2.45) is 5.92 Å². The Morgan fingerprint density at radius 3 is 2.59 bits per heavy atom. The maximum Gasteiger partial charge on any atom is 0.252 e. The molecule has 6 heteroatoms. The summed E-state index contributed by atoms with van der Waals surface area (Å²) in [5, 5.41) is 2.98. The summed E-state index contributed by atoms with van der Waals surface area (Å²) in [6.07, 6.45) is 10.2. The minimum atomic E-state index is -0.0994. The third-order valence-corrected chi connectivity index (χ3v) is 3.79. The lowest BCUT2D eigenvalue weighted by Gasteiger charge is -2.22. The molecule has 22 heavy (non-hydrogen) atoms. The van der Waals surface area contributed by atoms with Crippen molar-refractivity contribution in [2.45, 2.75) is 12.8 Å². The third kappa shape index (κ3) is 3.65. The van der Waals surface area contributed by atoms with Gasteiger partial charge in [0, 0.05) is 55.7 Å². The Morgan fingerprint density at radius 1 is 1.09 bits per heavy atom. The summed E-state index contributed by atoms with van der Waals surface area (Å²) in [7, 11) is 0. The Hall–Kier alpha value is -2.34. The minimum Gasteiger partial charge on any atom is -0.381 e. The van der Waals surface area contributed by atoms with Gasteiger partial charge >= 0.3 is 0 Å². The third-order valence-electron chi connectivity index (χ3n) is 3.79. The van der Waals surface area contributed by atoms with Crippen molar-refractivity contribution in [2.75, 3.05) is 19.8 Å². The predicted octanol–water partition coefficient (Wildman–Crippen LogP) is 1.70. The Labute approximate surface area is 129 Å². The quantitative estimate of drug-likeness (QED) is 0.929. The molecular weight excluding hydrogens is 280 g/mol. The van der Waals surface area contributed by atoms with Gasteiger partial charge in [-0.15, -0.1) is 0 Å². The molecule has 0 radical (unpaired) electrons. The van der Waals surface area contributed by atoms with E-state index in [0.717, 1.165) is 37.2 Å². The van der Waals surface area contributed by atoms with Crippen LogP contribution >= 0.6 is 0 Å². The molecule has 6 nitrogen and oxygen atoms in total. The van der Waals surface area contributed by atoms with Crippen molar-refractivity contribution in [1.29, 1.82) is 0 Å². The first-order chi connectivity index (χ1) is 10.8. The molecule has 1 aliphatic rings. The number of rotatable bonds is 4. The van der Waals surface area contributed by atoms with E-state index < -0.39 is 0 Å². The summed E-state index contributed by atoms with van der Waals surface area (Å²) in [5.74, 6) is 0.397. The number of amides is 1. The molecule has 1 aliphatic heterocycles. The number of pyridine rings is 1. The van der Waals surface area contributed by atoms with Gasteiger partial charge in [-0.2, -0.15) is 0 Å². The summed E-state index contributed by atoms with van der Waals surface area (Å²) in [6, 6.07) is 1.81. The van der Waals surface area contributed by atoms with Crippen molar-refractivity contribution in [3.05, 3.63) is 42.7 Å². The molecule has 0 bridgehead atoms. The van der Waals surface area contributed by atoms with Crippen molar-refractivity contribution < 1.29 is 9.53 Å². The largest absolute Gasteiger partial charge is 0.381 e. The van der Waals surface area contributed by atoms with E-state index in [0.29, 0.717) is 18.0 Å². The summed E-state index contributed by atoms with van der Waals surface area (Å²) in [6.45, 7) is 2.25. The molecule has 1 amide bonds. The zero-order valence-corrected chi connectivity index (χ0v) is 12.2. The second-order valence-electron chi connectivity index (χ2n) is 5.36. The van der Waals surface area contributed by atoms with Crippen LogP contribution in [0.3, 0.4) is 0 Å². The molecule has 3 rings (SSSR count). The fourth-order valence-electron chi connectivity index (χ4n) is 2.46. The van der Waals surface area contributed by atoms with E-state index >= 15 is 0 Å². The van der Waals surface area contributed by atoms with Crippen LogP contribution in [0.1, 0.15) is 23.2 Å². The van der Waals surface area contributed by atoms with Crippen LogP contribution < -0.4 is 5.32 Å². The highest BCUT2D eigenvalue weighted by Gasteiger charge is 2.15. The first-order valence-corrected chi connectivity index (χ1v) is 7.39. The van der Waals surface area contributed by atoms with Crippen LogP contribution in [-0.2, 0) is 4.74 Å².